The third kappa shape index (κ3) is 5.19. The van der Waals surface area contributed by atoms with Crippen LogP contribution in [0.3, 0.4) is 0 Å². The molecule has 1 rings (SSSR count). The number of aromatic hydroxyl groups is 1. The number of rotatable bonds is 8. The third-order valence-electron chi connectivity index (χ3n) is 3.24. The van der Waals surface area contributed by atoms with Crippen LogP contribution in [0.4, 0.5) is 0 Å². The van der Waals surface area contributed by atoms with Crippen LogP contribution in [0.1, 0.15) is 18.9 Å². The summed E-state index contributed by atoms with van der Waals surface area (Å²) in [5.41, 5.74) is 1.05. The molecule has 1 N–H and O–H groups in total. The minimum atomic E-state index is 0.00794. The molecule has 0 atom stereocenters. The Hall–Kier alpha value is -0.970. The predicted octanol–water partition coefficient (Wildman–Crippen LogP) is 2.83. The topological polar surface area (TPSA) is 35.9 Å². The molecule has 4 nitrogen and oxygen atoms in total. The van der Waals surface area contributed by atoms with E-state index in [1.165, 1.54) is 7.11 Å². The molecule has 1 aromatic rings. The minimum absolute atomic E-state index is 0.00794. The Balaban J connectivity index is 2.67. The molecule has 1 aromatic carbocycles. The summed E-state index contributed by atoms with van der Waals surface area (Å²) in [6.07, 6.45) is 1.13. The minimum Gasteiger partial charge on any atom is -0.503 e. The van der Waals surface area contributed by atoms with Crippen LogP contribution in [0, 0.1) is 0 Å². The van der Waals surface area contributed by atoms with Crippen LogP contribution in [-0.4, -0.2) is 55.7 Å². The second kappa shape index (κ2) is 8.35. The lowest BCUT2D eigenvalue weighted by molar-refractivity contribution is 0.258. The summed E-state index contributed by atoms with van der Waals surface area (Å²) in [6.45, 7) is 6.05. The molecule has 0 fully saturated rings. The number of ether oxygens (including phenoxy) is 1. The number of phenols is 1. The SMILES string of the molecule is CCN(CCCN(C)C)Cc1cc(Cl)c(O)c(OC)c1. The van der Waals surface area contributed by atoms with Gasteiger partial charge in [0.15, 0.2) is 11.5 Å². The van der Waals surface area contributed by atoms with Gasteiger partial charge in [0.1, 0.15) is 0 Å². The summed E-state index contributed by atoms with van der Waals surface area (Å²) in [5.74, 6) is 0.436. The number of benzene rings is 1. The summed E-state index contributed by atoms with van der Waals surface area (Å²) < 4.78 is 5.13. The van der Waals surface area contributed by atoms with Crippen molar-refractivity contribution >= 4 is 11.6 Å². The van der Waals surface area contributed by atoms with E-state index in [1.807, 2.05) is 6.07 Å². The zero-order valence-electron chi connectivity index (χ0n) is 12.8. The van der Waals surface area contributed by atoms with Crippen LogP contribution in [0.15, 0.2) is 12.1 Å². The van der Waals surface area contributed by atoms with Crippen molar-refractivity contribution in [1.82, 2.24) is 9.80 Å². The molecule has 0 aliphatic heterocycles. The molecule has 0 saturated carbocycles. The highest BCUT2D eigenvalue weighted by Gasteiger charge is 2.11. The van der Waals surface area contributed by atoms with Crippen LogP contribution in [0.25, 0.3) is 0 Å². The van der Waals surface area contributed by atoms with Crippen LogP contribution in [0.5, 0.6) is 11.5 Å². The summed E-state index contributed by atoms with van der Waals surface area (Å²) in [4.78, 5) is 4.54. The van der Waals surface area contributed by atoms with Crippen molar-refractivity contribution in [2.75, 3.05) is 40.8 Å². The maximum absolute atomic E-state index is 9.74. The Morgan fingerprint density at radius 3 is 2.50 bits per heavy atom. The average Bonchev–Trinajstić information content (AvgIpc) is 2.40. The number of phenolic OH excluding ortho intramolecular Hbond substituents is 1. The highest BCUT2D eigenvalue weighted by atomic mass is 35.5. The molecule has 0 aromatic heterocycles. The van der Waals surface area contributed by atoms with E-state index in [9.17, 15) is 5.11 Å². The van der Waals surface area contributed by atoms with E-state index in [0.29, 0.717) is 10.8 Å². The molecule has 0 unspecified atom stereocenters. The van der Waals surface area contributed by atoms with E-state index in [4.69, 9.17) is 16.3 Å². The zero-order valence-corrected chi connectivity index (χ0v) is 13.6. The first-order chi connectivity index (χ1) is 9.47. The normalized spacial score (nSPS) is 11.3. The Kier molecular flexibility index (Phi) is 7.13. The van der Waals surface area contributed by atoms with E-state index in [1.54, 1.807) is 6.07 Å². The molecule has 0 aliphatic rings. The fourth-order valence-corrected chi connectivity index (χ4v) is 2.33. The molecule has 0 saturated heterocycles. The van der Waals surface area contributed by atoms with Gasteiger partial charge in [0.25, 0.3) is 0 Å². The van der Waals surface area contributed by atoms with Crippen LogP contribution in [0.2, 0.25) is 5.02 Å². The second-order valence-corrected chi connectivity index (χ2v) is 5.56. The van der Waals surface area contributed by atoms with Gasteiger partial charge in [-0.2, -0.15) is 0 Å². The maximum atomic E-state index is 9.74. The van der Waals surface area contributed by atoms with Crippen LogP contribution in [-0.2, 0) is 6.54 Å². The Morgan fingerprint density at radius 1 is 1.25 bits per heavy atom. The molecule has 0 bridgehead atoms. The summed E-state index contributed by atoms with van der Waals surface area (Å²) >= 11 is 6.02. The first kappa shape index (κ1) is 17.1. The molecular formula is C15H25ClN2O2. The second-order valence-electron chi connectivity index (χ2n) is 5.15. The van der Waals surface area contributed by atoms with Gasteiger partial charge in [-0.3, -0.25) is 4.90 Å². The smallest absolute Gasteiger partial charge is 0.176 e. The van der Waals surface area contributed by atoms with E-state index in [0.717, 1.165) is 38.2 Å². The molecule has 0 heterocycles. The average molecular weight is 301 g/mol. The fraction of sp³-hybridized carbons (Fsp3) is 0.600. The lowest BCUT2D eigenvalue weighted by atomic mass is 10.1. The molecule has 114 valence electrons. The quantitative estimate of drug-likeness (QED) is 0.801. The number of halogens is 1. The zero-order chi connectivity index (χ0) is 15.1. The fourth-order valence-electron chi connectivity index (χ4n) is 2.09. The lowest BCUT2D eigenvalue weighted by Crippen LogP contribution is -2.26. The van der Waals surface area contributed by atoms with Crippen molar-refractivity contribution in [1.29, 1.82) is 0 Å². The Morgan fingerprint density at radius 2 is 1.95 bits per heavy atom. The van der Waals surface area contributed by atoms with Gasteiger partial charge in [0, 0.05) is 6.54 Å². The van der Waals surface area contributed by atoms with E-state index < -0.39 is 0 Å². The van der Waals surface area contributed by atoms with Gasteiger partial charge in [-0.05, 0) is 57.8 Å². The third-order valence-corrected chi connectivity index (χ3v) is 3.53. The number of nitrogens with zero attached hydrogens (tertiary/aromatic N) is 2. The number of methoxy groups -OCH3 is 1. The van der Waals surface area contributed by atoms with Gasteiger partial charge >= 0.3 is 0 Å². The summed E-state index contributed by atoms with van der Waals surface area (Å²) in [6, 6.07) is 3.64. The molecular weight excluding hydrogens is 276 g/mol. The highest BCUT2D eigenvalue weighted by molar-refractivity contribution is 6.32. The largest absolute Gasteiger partial charge is 0.503 e. The van der Waals surface area contributed by atoms with Crippen molar-refractivity contribution in [3.8, 4) is 11.5 Å². The maximum Gasteiger partial charge on any atom is 0.176 e. The Labute approximate surface area is 126 Å². The van der Waals surface area contributed by atoms with E-state index in [2.05, 4.69) is 30.8 Å². The molecule has 5 heteroatoms. The van der Waals surface area contributed by atoms with Crippen molar-refractivity contribution in [2.45, 2.75) is 19.9 Å². The molecule has 0 spiro atoms. The van der Waals surface area contributed by atoms with Gasteiger partial charge < -0.3 is 14.7 Å². The van der Waals surface area contributed by atoms with Gasteiger partial charge in [-0.25, -0.2) is 0 Å². The lowest BCUT2D eigenvalue weighted by Gasteiger charge is -2.22. The van der Waals surface area contributed by atoms with Crippen molar-refractivity contribution in [3.05, 3.63) is 22.7 Å². The van der Waals surface area contributed by atoms with Crippen molar-refractivity contribution in [2.24, 2.45) is 0 Å². The monoisotopic (exact) mass is 300 g/mol. The molecule has 0 aliphatic carbocycles. The highest BCUT2D eigenvalue weighted by Crippen LogP contribution is 2.35. The number of hydrogen-bond acceptors (Lipinski definition) is 4. The van der Waals surface area contributed by atoms with Crippen LogP contribution < -0.4 is 4.74 Å². The first-order valence-corrected chi connectivity index (χ1v) is 7.28. The summed E-state index contributed by atoms with van der Waals surface area (Å²) in [5, 5.41) is 10.1. The summed E-state index contributed by atoms with van der Waals surface area (Å²) in [7, 11) is 5.70. The Bertz CT molecular complexity index is 425. The molecule has 20 heavy (non-hydrogen) atoms. The van der Waals surface area contributed by atoms with Gasteiger partial charge in [0.2, 0.25) is 0 Å². The molecule has 0 amide bonds. The van der Waals surface area contributed by atoms with Crippen LogP contribution >= 0.6 is 11.6 Å². The standard InChI is InChI=1S/C15H25ClN2O2/c1-5-18(8-6-7-17(2)3)11-12-9-13(16)15(19)14(10-12)20-4/h9-10,19H,5-8,11H2,1-4H3. The van der Waals surface area contributed by atoms with E-state index >= 15 is 0 Å². The predicted molar refractivity (Wildman–Crippen MR) is 83.8 cm³/mol. The first-order valence-electron chi connectivity index (χ1n) is 6.90. The molecule has 0 radical (unpaired) electrons. The van der Waals surface area contributed by atoms with Crippen molar-refractivity contribution < 1.29 is 9.84 Å². The van der Waals surface area contributed by atoms with Gasteiger partial charge in [-0.1, -0.05) is 18.5 Å². The van der Waals surface area contributed by atoms with Gasteiger partial charge in [-0.15, -0.1) is 0 Å². The van der Waals surface area contributed by atoms with Crippen molar-refractivity contribution in [3.63, 3.8) is 0 Å². The van der Waals surface area contributed by atoms with Gasteiger partial charge in [0.05, 0.1) is 12.1 Å². The number of hydrogen-bond donors (Lipinski definition) is 1. The van der Waals surface area contributed by atoms with E-state index in [-0.39, 0.29) is 5.75 Å².